The lowest BCUT2D eigenvalue weighted by Crippen LogP contribution is -2.52. The molecule has 3 fully saturated rings. The Kier molecular flexibility index (Phi) is 7.03. The van der Waals surface area contributed by atoms with Gasteiger partial charge in [0.15, 0.2) is 0 Å². The maximum absolute atomic E-state index is 11.1. The lowest BCUT2D eigenvalue weighted by atomic mass is 9.49. The molecule has 0 spiro atoms. The number of rotatable bonds is 7. The monoisotopic (exact) mass is 462 g/mol. The lowest BCUT2D eigenvalue weighted by molar-refractivity contribution is -0.0526. The SMILES string of the molecule is CCC(O)(CC)CCS[C@@H](C)[C@H]1CC[C@H]2C3=CC=C4C[C@@H](O)C[C@H](O)[C@]4(C)[C@H]3CC[C@]12C. The van der Waals surface area contributed by atoms with Crippen molar-refractivity contribution in [1.82, 2.24) is 0 Å². The summed E-state index contributed by atoms with van der Waals surface area (Å²) >= 11 is 2.07. The van der Waals surface area contributed by atoms with E-state index in [4.69, 9.17) is 0 Å². The molecule has 3 saturated carbocycles. The number of fused-ring (bicyclic) bond motifs is 5. The summed E-state index contributed by atoms with van der Waals surface area (Å²) in [5.41, 5.74) is 2.49. The van der Waals surface area contributed by atoms with E-state index in [1.165, 1.54) is 24.8 Å². The van der Waals surface area contributed by atoms with Crippen molar-refractivity contribution >= 4 is 11.8 Å². The second-order valence-electron chi connectivity index (χ2n) is 11.8. The highest BCUT2D eigenvalue weighted by molar-refractivity contribution is 7.99. The smallest absolute Gasteiger partial charge is 0.0661 e. The summed E-state index contributed by atoms with van der Waals surface area (Å²) < 4.78 is 0. The first-order valence-electron chi connectivity index (χ1n) is 13.2. The number of thioether (sulfide) groups is 1. The van der Waals surface area contributed by atoms with Crippen molar-refractivity contribution in [3.63, 3.8) is 0 Å². The Balaban J connectivity index is 1.49. The fraction of sp³-hybridized carbons (Fsp3) is 0.857. The van der Waals surface area contributed by atoms with Crippen LogP contribution < -0.4 is 0 Å². The van der Waals surface area contributed by atoms with Crippen molar-refractivity contribution < 1.29 is 15.3 Å². The first-order chi connectivity index (χ1) is 15.1. The third-order valence-electron chi connectivity index (χ3n) is 10.6. The van der Waals surface area contributed by atoms with Gasteiger partial charge in [0.2, 0.25) is 0 Å². The van der Waals surface area contributed by atoms with Crippen LogP contribution in [0, 0.1) is 28.6 Å². The van der Waals surface area contributed by atoms with Crippen LogP contribution in [0.15, 0.2) is 23.3 Å². The summed E-state index contributed by atoms with van der Waals surface area (Å²) in [6.45, 7) is 11.4. The highest BCUT2D eigenvalue weighted by atomic mass is 32.2. The molecule has 4 heteroatoms. The van der Waals surface area contributed by atoms with Crippen molar-refractivity contribution in [2.75, 3.05) is 5.75 Å². The molecule has 0 heterocycles. The van der Waals surface area contributed by atoms with Crippen molar-refractivity contribution in [2.45, 2.75) is 115 Å². The predicted octanol–water partition coefficient (Wildman–Crippen LogP) is 5.88. The lowest BCUT2D eigenvalue weighted by Gasteiger charge is -2.56. The summed E-state index contributed by atoms with van der Waals surface area (Å²) in [7, 11) is 0. The molecule has 0 saturated heterocycles. The quantitative estimate of drug-likeness (QED) is 0.442. The molecule has 32 heavy (non-hydrogen) atoms. The second kappa shape index (κ2) is 9.06. The third-order valence-corrected chi connectivity index (χ3v) is 11.8. The number of hydrogen-bond acceptors (Lipinski definition) is 4. The van der Waals surface area contributed by atoms with Crippen LogP contribution in [0.5, 0.6) is 0 Å². The number of hydrogen-bond donors (Lipinski definition) is 3. The van der Waals surface area contributed by atoms with Gasteiger partial charge in [-0.05, 0) is 80.3 Å². The van der Waals surface area contributed by atoms with Crippen LogP contribution in [-0.2, 0) is 0 Å². The van der Waals surface area contributed by atoms with E-state index in [2.05, 4.69) is 58.5 Å². The van der Waals surface area contributed by atoms with Crippen molar-refractivity contribution in [3.05, 3.63) is 23.3 Å². The topological polar surface area (TPSA) is 60.7 Å². The molecule has 0 bridgehead atoms. The highest BCUT2D eigenvalue weighted by Gasteiger charge is 2.58. The van der Waals surface area contributed by atoms with Crippen molar-refractivity contribution in [3.8, 4) is 0 Å². The molecule has 182 valence electrons. The first kappa shape index (κ1) is 24.8. The van der Waals surface area contributed by atoms with E-state index in [0.717, 1.165) is 31.4 Å². The van der Waals surface area contributed by atoms with E-state index in [1.807, 2.05) is 0 Å². The fourth-order valence-electron chi connectivity index (χ4n) is 8.01. The van der Waals surface area contributed by atoms with Gasteiger partial charge in [0.1, 0.15) is 0 Å². The fourth-order valence-corrected chi connectivity index (χ4v) is 9.56. The predicted molar refractivity (Wildman–Crippen MR) is 135 cm³/mol. The number of aliphatic hydroxyl groups excluding tert-OH is 2. The number of aliphatic hydroxyl groups is 3. The molecule has 4 aliphatic carbocycles. The molecule has 0 aliphatic heterocycles. The van der Waals surface area contributed by atoms with Crippen LogP contribution in [-0.4, -0.2) is 44.1 Å². The largest absolute Gasteiger partial charge is 0.393 e. The van der Waals surface area contributed by atoms with Gasteiger partial charge in [0.25, 0.3) is 0 Å². The molecule has 0 unspecified atom stereocenters. The first-order valence-corrected chi connectivity index (χ1v) is 14.2. The van der Waals surface area contributed by atoms with Crippen LogP contribution in [0.3, 0.4) is 0 Å². The zero-order chi connectivity index (χ0) is 23.3. The Morgan fingerprint density at radius 2 is 1.81 bits per heavy atom. The standard InChI is InChI=1S/C28H46O3S/c1-6-28(31,7-2)14-15-32-18(3)22-10-11-23-21-9-8-19-16-20(29)17-25(30)27(19,5)24(21)12-13-26(22,23)4/h8-9,18,20,22-25,29-31H,6-7,10-17H2,1-5H3/t18-,20+,22+,23-,24-,25-,26+,27-/m0/s1. The van der Waals surface area contributed by atoms with Crippen LogP contribution in [0.2, 0.25) is 0 Å². The molecule has 0 amide bonds. The molecule has 3 N–H and O–H groups in total. The van der Waals surface area contributed by atoms with Gasteiger partial charge in [-0.3, -0.25) is 0 Å². The van der Waals surface area contributed by atoms with E-state index < -0.39 is 17.8 Å². The van der Waals surface area contributed by atoms with Crippen molar-refractivity contribution in [2.24, 2.45) is 28.6 Å². The van der Waals surface area contributed by atoms with Gasteiger partial charge >= 0.3 is 0 Å². The van der Waals surface area contributed by atoms with Crippen molar-refractivity contribution in [1.29, 1.82) is 0 Å². The summed E-state index contributed by atoms with van der Waals surface area (Å²) in [4.78, 5) is 0. The van der Waals surface area contributed by atoms with E-state index in [9.17, 15) is 15.3 Å². The summed E-state index contributed by atoms with van der Waals surface area (Å²) in [6, 6.07) is 0. The van der Waals surface area contributed by atoms with E-state index in [0.29, 0.717) is 41.3 Å². The van der Waals surface area contributed by atoms with Gasteiger partial charge in [-0.15, -0.1) is 0 Å². The zero-order valence-electron chi connectivity index (χ0n) is 20.9. The maximum atomic E-state index is 11.1. The Morgan fingerprint density at radius 3 is 2.50 bits per heavy atom. The Morgan fingerprint density at radius 1 is 1.09 bits per heavy atom. The molecule has 4 rings (SSSR count). The zero-order valence-corrected chi connectivity index (χ0v) is 21.8. The van der Waals surface area contributed by atoms with Gasteiger partial charge in [-0.1, -0.05) is 57.9 Å². The Labute approximate surface area is 200 Å². The van der Waals surface area contributed by atoms with Gasteiger partial charge in [0, 0.05) is 17.1 Å². The van der Waals surface area contributed by atoms with Crippen LogP contribution in [0.1, 0.15) is 92.4 Å². The van der Waals surface area contributed by atoms with E-state index in [1.54, 1.807) is 5.57 Å². The van der Waals surface area contributed by atoms with Crippen LogP contribution in [0.25, 0.3) is 0 Å². The molecular formula is C28H46O3S. The van der Waals surface area contributed by atoms with Gasteiger partial charge < -0.3 is 15.3 Å². The Hall–Kier alpha value is -0.290. The van der Waals surface area contributed by atoms with E-state index in [-0.39, 0.29) is 5.41 Å². The molecular weight excluding hydrogens is 416 g/mol. The summed E-state index contributed by atoms with van der Waals surface area (Å²) in [5.74, 6) is 2.80. The highest BCUT2D eigenvalue weighted by Crippen LogP contribution is 2.66. The molecule has 0 aromatic heterocycles. The molecule has 0 aromatic rings. The van der Waals surface area contributed by atoms with Gasteiger partial charge in [-0.2, -0.15) is 11.8 Å². The molecule has 3 nitrogen and oxygen atoms in total. The van der Waals surface area contributed by atoms with E-state index >= 15 is 0 Å². The average molecular weight is 463 g/mol. The summed E-state index contributed by atoms with van der Waals surface area (Å²) in [6.07, 6.45) is 12.5. The minimum atomic E-state index is -0.492. The maximum Gasteiger partial charge on any atom is 0.0661 e. The minimum absolute atomic E-state index is 0.201. The second-order valence-corrected chi connectivity index (χ2v) is 13.3. The normalized spacial score (nSPS) is 42.4. The Bertz CT molecular complexity index is 756. The molecule has 0 aromatic carbocycles. The average Bonchev–Trinajstić information content (AvgIpc) is 3.12. The summed E-state index contributed by atoms with van der Waals surface area (Å²) in [5, 5.41) is 32.6. The van der Waals surface area contributed by atoms with Crippen LogP contribution >= 0.6 is 11.8 Å². The molecule has 4 aliphatic rings. The number of allylic oxidation sites excluding steroid dienone is 3. The van der Waals surface area contributed by atoms with Gasteiger partial charge in [0.05, 0.1) is 17.8 Å². The molecule has 8 atom stereocenters. The molecule has 0 radical (unpaired) electrons. The van der Waals surface area contributed by atoms with Gasteiger partial charge in [-0.25, -0.2) is 0 Å². The van der Waals surface area contributed by atoms with Crippen LogP contribution in [0.4, 0.5) is 0 Å². The minimum Gasteiger partial charge on any atom is -0.393 e. The third kappa shape index (κ3) is 3.95.